The molecular weight excluding hydrogens is 562 g/mol. The van der Waals surface area contributed by atoms with E-state index in [-0.39, 0.29) is 0 Å². The summed E-state index contributed by atoms with van der Waals surface area (Å²) in [7, 11) is 0. The SMILES string of the molecule is O=C(O)C(F)(F)F.O=C(O)C(F)(F)F.c1cncc(CN2CCC(c3nc4ccc(N5CCCC5)cn4n3)CC2)c1. The first-order valence-corrected chi connectivity index (χ1v) is 12.6. The molecular formula is C25H28F6N6O4. The Labute approximate surface area is 230 Å². The predicted molar refractivity (Wildman–Crippen MR) is 133 cm³/mol. The number of carboxylic acids is 2. The van der Waals surface area contributed by atoms with Gasteiger partial charge in [0.15, 0.2) is 11.5 Å². The molecule has 224 valence electrons. The van der Waals surface area contributed by atoms with Crippen molar-refractivity contribution in [3.63, 3.8) is 0 Å². The van der Waals surface area contributed by atoms with Crippen LogP contribution in [0.15, 0.2) is 42.9 Å². The predicted octanol–water partition coefficient (Wildman–Crippen LogP) is 4.37. The minimum atomic E-state index is -5.08. The quantitative estimate of drug-likeness (QED) is 0.427. The Bertz CT molecular complexity index is 1260. The summed E-state index contributed by atoms with van der Waals surface area (Å²) >= 11 is 0. The molecule has 2 aliphatic heterocycles. The van der Waals surface area contributed by atoms with Crippen LogP contribution in [0.25, 0.3) is 5.65 Å². The molecule has 0 amide bonds. The van der Waals surface area contributed by atoms with Crippen LogP contribution in [0.4, 0.5) is 32.0 Å². The molecule has 3 aromatic heterocycles. The van der Waals surface area contributed by atoms with Crippen molar-refractivity contribution in [1.82, 2.24) is 24.5 Å². The molecule has 2 N–H and O–H groups in total. The number of carbonyl (C=O) groups is 2. The van der Waals surface area contributed by atoms with E-state index < -0.39 is 24.3 Å². The lowest BCUT2D eigenvalue weighted by Crippen LogP contribution is -2.32. The van der Waals surface area contributed by atoms with Crippen molar-refractivity contribution in [1.29, 1.82) is 0 Å². The fraction of sp³-hybridized carbons (Fsp3) is 0.480. The smallest absolute Gasteiger partial charge is 0.475 e. The second kappa shape index (κ2) is 13.6. The number of likely N-dealkylation sites (tertiary alicyclic amines) is 1. The number of aliphatic carboxylic acids is 2. The summed E-state index contributed by atoms with van der Waals surface area (Å²) in [5.74, 6) is -4.04. The fourth-order valence-corrected chi connectivity index (χ4v) is 4.32. The van der Waals surface area contributed by atoms with Crippen molar-refractivity contribution >= 4 is 23.3 Å². The molecule has 0 aromatic carbocycles. The third-order valence-electron chi connectivity index (χ3n) is 6.37. The minimum Gasteiger partial charge on any atom is -0.475 e. The number of fused-ring (bicyclic) bond motifs is 1. The lowest BCUT2D eigenvalue weighted by Gasteiger charge is -2.30. The van der Waals surface area contributed by atoms with Crippen LogP contribution in [0.2, 0.25) is 0 Å². The largest absolute Gasteiger partial charge is 0.490 e. The molecule has 5 rings (SSSR count). The highest BCUT2D eigenvalue weighted by molar-refractivity contribution is 5.73. The minimum absolute atomic E-state index is 0.463. The van der Waals surface area contributed by atoms with Crippen LogP contribution in [0.5, 0.6) is 0 Å². The Kier molecular flexibility index (Phi) is 10.5. The molecule has 16 heteroatoms. The van der Waals surface area contributed by atoms with E-state index in [4.69, 9.17) is 29.9 Å². The second-order valence-corrected chi connectivity index (χ2v) is 9.37. The zero-order valence-corrected chi connectivity index (χ0v) is 21.6. The van der Waals surface area contributed by atoms with Crippen LogP contribution in [-0.2, 0) is 16.1 Å². The number of aromatic nitrogens is 4. The summed E-state index contributed by atoms with van der Waals surface area (Å²) < 4.78 is 65.4. The Balaban J connectivity index is 0.000000276. The first-order chi connectivity index (χ1) is 19.2. The molecule has 2 fully saturated rings. The summed E-state index contributed by atoms with van der Waals surface area (Å²) in [5.41, 5.74) is 3.52. The van der Waals surface area contributed by atoms with Gasteiger partial charge in [0.25, 0.3) is 0 Å². The highest BCUT2D eigenvalue weighted by Crippen LogP contribution is 2.28. The Morgan fingerprint density at radius 2 is 1.49 bits per heavy atom. The molecule has 0 unspecified atom stereocenters. The number of pyridine rings is 2. The van der Waals surface area contributed by atoms with Gasteiger partial charge in [0.2, 0.25) is 0 Å². The van der Waals surface area contributed by atoms with E-state index in [0.29, 0.717) is 5.92 Å². The van der Waals surface area contributed by atoms with Crippen LogP contribution in [0.1, 0.15) is 43.0 Å². The van der Waals surface area contributed by atoms with E-state index >= 15 is 0 Å². The molecule has 2 aliphatic rings. The number of anilines is 1. The monoisotopic (exact) mass is 590 g/mol. The average molecular weight is 591 g/mol. The molecule has 0 aliphatic carbocycles. The van der Waals surface area contributed by atoms with Crippen LogP contribution in [-0.4, -0.2) is 85.2 Å². The maximum absolute atomic E-state index is 10.6. The van der Waals surface area contributed by atoms with Gasteiger partial charge in [0.1, 0.15) is 0 Å². The number of piperidine rings is 1. The van der Waals surface area contributed by atoms with E-state index in [1.54, 1.807) is 0 Å². The van der Waals surface area contributed by atoms with Gasteiger partial charge >= 0.3 is 24.3 Å². The second-order valence-electron chi connectivity index (χ2n) is 9.37. The normalized spacial score (nSPS) is 16.5. The summed E-state index contributed by atoms with van der Waals surface area (Å²) in [6, 6.07) is 8.47. The van der Waals surface area contributed by atoms with Gasteiger partial charge in [-0.2, -0.15) is 31.4 Å². The van der Waals surface area contributed by atoms with Gasteiger partial charge in [-0.1, -0.05) is 6.07 Å². The van der Waals surface area contributed by atoms with Crippen molar-refractivity contribution < 1.29 is 46.1 Å². The topological polar surface area (TPSA) is 124 Å². The molecule has 10 nitrogen and oxygen atoms in total. The number of hydrogen-bond donors (Lipinski definition) is 2. The fourth-order valence-electron chi connectivity index (χ4n) is 4.32. The number of halogens is 6. The third-order valence-corrected chi connectivity index (χ3v) is 6.37. The number of hydrogen-bond acceptors (Lipinski definition) is 7. The Morgan fingerprint density at radius 3 is 2.00 bits per heavy atom. The van der Waals surface area contributed by atoms with Crippen molar-refractivity contribution in [2.75, 3.05) is 31.1 Å². The molecule has 0 spiro atoms. The van der Waals surface area contributed by atoms with Gasteiger partial charge in [-0.05, 0) is 62.5 Å². The maximum Gasteiger partial charge on any atom is 0.490 e. The standard InChI is InChI=1S/C21H26N6.2C2HF3O2/c1-2-11-26(10-1)19-5-6-20-23-21(24-27(20)16-19)18-7-12-25(13-8-18)15-17-4-3-9-22-14-17;2*3-2(4,5)1(6)7/h3-6,9,14,16,18H,1-2,7-8,10-13,15H2;2*(H,6,7). The summed E-state index contributed by atoms with van der Waals surface area (Å²) in [5, 5.41) is 19.1. The first kappa shape index (κ1) is 31.6. The third kappa shape index (κ3) is 9.58. The number of carboxylic acid groups (broad SMARTS) is 2. The van der Waals surface area contributed by atoms with Gasteiger partial charge in [-0.25, -0.2) is 19.1 Å². The van der Waals surface area contributed by atoms with E-state index in [9.17, 15) is 26.3 Å². The van der Waals surface area contributed by atoms with Gasteiger partial charge in [0.05, 0.1) is 11.9 Å². The molecule has 0 atom stereocenters. The van der Waals surface area contributed by atoms with Crippen LogP contribution >= 0.6 is 0 Å². The van der Waals surface area contributed by atoms with E-state index in [0.717, 1.165) is 57.0 Å². The van der Waals surface area contributed by atoms with Crippen molar-refractivity contribution in [3.8, 4) is 0 Å². The summed E-state index contributed by atoms with van der Waals surface area (Å²) in [6.45, 7) is 5.48. The van der Waals surface area contributed by atoms with E-state index in [1.807, 2.05) is 23.0 Å². The van der Waals surface area contributed by atoms with E-state index in [2.05, 4.69) is 39.2 Å². The lowest BCUT2D eigenvalue weighted by atomic mass is 9.96. The Morgan fingerprint density at radius 1 is 0.902 bits per heavy atom. The highest BCUT2D eigenvalue weighted by atomic mass is 19.4. The van der Waals surface area contributed by atoms with Crippen molar-refractivity contribution in [2.45, 2.75) is 50.5 Å². The zero-order chi connectivity index (χ0) is 30.2. The molecule has 0 bridgehead atoms. The highest BCUT2D eigenvalue weighted by Gasteiger charge is 2.38. The lowest BCUT2D eigenvalue weighted by molar-refractivity contribution is -0.193. The van der Waals surface area contributed by atoms with Crippen LogP contribution in [0.3, 0.4) is 0 Å². The summed E-state index contributed by atoms with van der Waals surface area (Å²) in [4.78, 5) is 31.8. The number of nitrogens with zero attached hydrogens (tertiary/aromatic N) is 6. The first-order valence-electron chi connectivity index (χ1n) is 12.6. The van der Waals surface area contributed by atoms with Gasteiger partial charge < -0.3 is 15.1 Å². The molecule has 3 aromatic rings. The zero-order valence-electron chi connectivity index (χ0n) is 21.6. The number of alkyl halides is 6. The molecule has 0 radical (unpaired) electrons. The molecule has 0 saturated carbocycles. The Hall–Kier alpha value is -3.95. The van der Waals surface area contributed by atoms with Gasteiger partial charge in [-0.15, -0.1) is 0 Å². The van der Waals surface area contributed by atoms with Gasteiger partial charge in [0, 0.05) is 37.9 Å². The van der Waals surface area contributed by atoms with Crippen molar-refractivity contribution in [3.05, 3.63) is 54.2 Å². The maximum atomic E-state index is 10.6. The molecule has 2 saturated heterocycles. The van der Waals surface area contributed by atoms with Crippen molar-refractivity contribution in [2.24, 2.45) is 0 Å². The summed E-state index contributed by atoms with van der Waals surface area (Å²) in [6.07, 6.45) is 0.602. The van der Waals surface area contributed by atoms with Crippen LogP contribution in [0, 0.1) is 0 Å². The number of rotatable bonds is 4. The van der Waals surface area contributed by atoms with Gasteiger partial charge in [-0.3, -0.25) is 9.88 Å². The molecule has 41 heavy (non-hydrogen) atoms. The van der Waals surface area contributed by atoms with Crippen LogP contribution < -0.4 is 4.90 Å². The molecule has 5 heterocycles. The van der Waals surface area contributed by atoms with E-state index in [1.165, 1.54) is 24.1 Å². The average Bonchev–Trinajstić information content (AvgIpc) is 3.59.